The maximum atomic E-state index is 12.0. The number of amides is 2. The van der Waals surface area contributed by atoms with Gasteiger partial charge in [0, 0.05) is 30.0 Å². The van der Waals surface area contributed by atoms with Gasteiger partial charge in [-0.1, -0.05) is 18.0 Å². The molecule has 0 saturated carbocycles. The summed E-state index contributed by atoms with van der Waals surface area (Å²) in [5.41, 5.74) is 0.850. The predicted molar refractivity (Wildman–Crippen MR) is 77.0 cm³/mol. The van der Waals surface area contributed by atoms with Gasteiger partial charge in [0.1, 0.15) is 6.17 Å². The number of carbonyl (C=O) groups is 1. The van der Waals surface area contributed by atoms with Crippen molar-refractivity contribution in [1.29, 1.82) is 0 Å². The zero-order valence-electron chi connectivity index (χ0n) is 10.6. The van der Waals surface area contributed by atoms with Crippen LogP contribution in [-0.2, 0) is 0 Å². The Bertz CT molecular complexity index is 494. The predicted octanol–water partition coefficient (Wildman–Crippen LogP) is 3.16. The summed E-state index contributed by atoms with van der Waals surface area (Å²) in [6, 6.07) is 7.14. The van der Waals surface area contributed by atoms with E-state index in [-0.39, 0.29) is 12.2 Å². The lowest BCUT2D eigenvalue weighted by Gasteiger charge is -2.35. The van der Waals surface area contributed by atoms with E-state index in [9.17, 15) is 4.79 Å². The molecule has 2 aliphatic heterocycles. The van der Waals surface area contributed by atoms with Crippen LogP contribution in [0.4, 0.5) is 10.5 Å². The normalized spacial score (nSPS) is 24.2. The molecule has 1 saturated heterocycles. The maximum Gasteiger partial charge on any atom is 0.349 e. The van der Waals surface area contributed by atoms with Gasteiger partial charge >= 0.3 is 6.03 Å². The Kier molecular flexibility index (Phi) is 3.53. The molecular weight excluding hydrogens is 262 g/mol. The first-order valence-electron chi connectivity index (χ1n) is 6.63. The molecule has 4 nitrogen and oxygen atoms in total. The van der Waals surface area contributed by atoms with E-state index in [4.69, 9.17) is 11.6 Å². The first kappa shape index (κ1) is 12.6. The zero-order valence-corrected chi connectivity index (χ0v) is 11.4. The van der Waals surface area contributed by atoms with Crippen molar-refractivity contribution in [3.05, 3.63) is 29.3 Å². The van der Waals surface area contributed by atoms with E-state index in [1.165, 1.54) is 19.3 Å². The molecule has 5 heteroatoms. The topological polar surface area (TPSA) is 35.9 Å². The maximum absolute atomic E-state index is 12.0. The Balaban J connectivity index is 1.85. The second-order valence-corrected chi connectivity index (χ2v) is 5.35. The lowest BCUT2D eigenvalue weighted by molar-refractivity contribution is 0.201. The highest BCUT2D eigenvalue weighted by Crippen LogP contribution is 2.26. The molecule has 3 rings (SSSR count). The number of likely N-dealkylation sites (tertiary alicyclic amines) is 1. The molecule has 2 amide bonds. The first-order chi connectivity index (χ1) is 9.25. The summed E-state index contributed by atoms with van der Waals surface area (Å²) in [4.78, 5) is 20.0. The highest BCUT2D eigenvalue weighted by Gasteiger charge is 2.33. The van der Waals surface area contributed by atoms with Gasteiger partial charge in [0.05, 0.1) is 0 Å². The number of piperidine rings is 1. The second kappa shape index (κ2) is 5.31. The number of hydrogen-bond donors (Lipinski definition) is 0. The van der Waals surface area contributed by atoms with Crippen molar-refractivity contribution >= 4 is 29.5 Å². The van der Waals surface area contributed by atoms with Crippen molar-refractivity contribution in [1.82, 2.24) is 4.90 Å². The lowest BCUT2D eigenvalue weighted by Crippen LogP contribution is -2.49. The van der Waals surface area contributed by atoms with Gasteiger partial charge in [-0.2, -0.15) is 0 Å². The molecule has 0 aliphatic carbocycles. The molecule has 0 bridgehead atoms. The summed E-state index contributed by atoms with van der Waals surface area (Å²) in [6.45, 7) is 2.04. The number of aliphatic imine (C=N–C) groups is 1. The average Bonchev–Trinajstić information content (AvgIpc) is 2.83. The van der Waals surface area contributed by atoms with E-state index in [0.717, 1.165) is 18.8 Å². The van der Waals surface area contributed by atoms with Crippen molar-refractivity contribution < 1.29 is 4.79 Å². The van der Waals surface area contributed by atoms with Crippen LogP contribution >= 0.6 is 11.6 Å². The minimum atomic E-state index is -0.196. The van der Waals surface area contributed by atoms with Gasteiger partial charge in [0.15, 0.2) is 0 Å². The number of benzene rings is 1. The van der Waals surface area contributed by atoms with Crippen LogP contribution in [0.1, 0.15) is 19.3 Å². The first-order valence-corrected chi connectivity index (χ1v) is 7.00. The van der Waals surface area contributed by atoms with Crippen molar-refractivity contribution in [3.63, 3.8) is 0 Å². The van der Waals surface area contributed by atoms with Crippen LogP contribution in [0, 0.1) is 0 Å². The highest BCUT2D eigenvalue weighted by molar-refractivity contribution is 6.30. The molecule has 1 fully saturated rings. The Morgan fingerprint density at radius 2 is 1.79 bits per heavy atom. The molecule has 100 valence electrons. The van der Waals surface area contributed by atoms with Gasteiger partial charge in [-0.15, -0.1) is 0 Å². The molecule has 1 unspecified atom stereocenters. The SMILES string of the molecule is O=C1N=CC(N2CCCCC2)N1c1ccc(Cl)cc1. The standard InChI is InChI=1S/C14H16ClN3O/c15-11-4-6-12(7-5-11)18-13(10-16-14(18)19)17-8-2-1-3-9-17/h4-7,10,13H,1-3,8-9H2. The van der Waals surface area contributed by atoms with E-state index in [2.05, 4.69) is 9.89 Å². The van der Waals surface area contributed by atoms with E-state index in [1.807, 2.05) is 12.1 Å². The summed E-state index contributed by atoms with van der Waals surface area (Å²) < 4.78 is 0. The molecular formula is C14H16ClN3O. The third kappa shape index (κ3) is 2.51. The monoisotopic (exact) mass is 277 g/mol. The summed E-state index contributed by atoms with van der Waals surface area (Å²) in [7, 11) is 0. The quantitative estimate of drug-likeness (QED) is 0.832. The molecule has 0 N–H and O–H groups in total. The Morgan fingerprint density at radius 3 is 2.47 bits per heavy atom. The van der Waals surface area contributed by atoms with Crippen LogP contribution in [0.5, 0.6) is 0 Å². The van der Waals surface area contributed by atoms with Crippen LogP contribution in [0.2, 0.25) is 5.02 Å². The number of urea groups is 1. The minimum absolute atomic E-state index is 0.0472. The van der Waals surface area contributed by atoms with Crippen LogP contribution < -0.4 is 4.90 Å². The fraction of sp³-hybridized carbons (Fsp3) is 0.429. The fourth-order valence-electron chi connectivity index (χ4n) is 2.68. The average molecular weight is 278 g/mol. The number of hydrogen-bond acceptors (Lipinski definition) is 2. The van der Waals surface area contributed by atoms with E-state index in [0.29, 0.717) is 5.02 Å². The molecule has 0 radical (unpaired) electrons. The van der Waals surface area contributed by atoms with E-state index < -0.39 is 0 Å². The molecule has 0 aromatic heterocycles. The van der Waals surface area contributed by atoms with Crippen LogP contribution in [0.3, 0.4) is 0 Å². The van der Waals surface area contributed by atoms with Gasteiger partial charge in [0.25, 0.3) is 0 Å². The molecule has 19 heavy (non-hydrogen) atoms. The molecule has 2 heterocycles. The summed E-state index contributed by atoms with van der Waals surface area (Å²) in [5, 5.41) is 0.672. The van der Waals surface area contributed by atoms with Gasteiger partial charge in [-0.05, 0) is 37.1 Å². The van der Waals surface area contributed by atoms with Gasteiger partial charge in [0.2, 0.25) is 0 Å². The molecule has 0 spiro atoms. The van der Waals surface area contributed by atoms with Crippen molar-refractivity contribution in [2.75, 3.05) is 18.0 Å². The number of carbonyl (C=O) groups excluding carboxylic acids is 1. The van der Waals surface area contributed by atoms with Crippen LogP contribution in [-0.4, -0.2) is 36.4 Å². The van der Waals surface area contributed by atoms with Gasteiger partial charge in [-0.3, -0.25) is 9.80 Å². The van der Waals surface area contributed by atoms with Crippen molar-refractivity contribution in [3.8, 4) is 0 Å². The van der Waals surface area contributed by atoms with Crippen LogP contribution in [0.25, 0.3) is 0 Å². The molecule has 1 aromatic carbocycles. The number of anilines is 1. The number of rotatable bonds is 2. The van der Waals surface area contributed by atoms with Gasteiger partial charge in [-0.25, -0.2) is 9.79 Å². The smallest absolute Gasteiger partial charge is 0.278 e. The lowest BCUT2D eigenvalue weighted by atomic mass is 10.1. The summed E-state index contributed by atoms with van der Waals surface area (Å²) >= 11 is 5.89. The minimum Gasteiger partial charge on any atom is -0.278 e. The highest BCUT2D eigenvalue weighted by atomic mass is 35.5. The van der Waals surface area contributed by atoms with E-state index >= 15 is 0 Å². The molecule has 1 atom stereocenters. The third-order valence-corrected chi connectivity index (χ3v) is 3.91. The Hall–Kier alpha value is -1.39. The summed E-state index contributed by atoms with van der Waals surface area (Å²) in [6.07, 6.45) is 5.35. The van der Waals surface area contributed by atoms with Crippen LogP contribution in [0.15, 0.2) is 29.3 Å². The van der Waals surface area contributed by atoms with Crippen molar-refractivity contribution in [2.24, 2.45) is 4.99 Å². The van der Waals surface area contributed by atoms with E-state index in [1.54, 1.807) is 23.2 Å². The number of halogens is 1. The number of nitrogens with zero attached hydrogens (tertiary/aromatic N) is 3. The Morgan fingerprint density at radius 1 is 1.11 bits per heavy atom. The largest absolute Gasteiger partial charge is 0.349 e. The second-order valence-electron chi connectivity index (χ2n) is 4.92. The zero-order chi connectivity index (χ0) is 13.2. The molecule has 1 aromatic rings. The Labute approximate surface area is 117 Å². The summed E-state index contributed by atoms with van der Waals surface area (Å²) in [5.74, 6) is 0. The van der Waals surface area contributed by atoms with Crippen molar-refractivity contribution in [2.45, 2.75) is 25.4 Å². The van der Waals surface area contributed by atoms with Gasteiger partial charge < -0.3 is 0 Å². The molecule has 2 aliphatic rings. The third-order valence-electron chi connectivity index (χ3n) is 3.66. The fourth-order valence-corrected chi connectivity index (χ4v) is 2.80.